The molecule has 25 heavy (non-hydrogen) atoms. The molecule has 130 valence electrons. The number of rotatable bonds is 4. The van der Waals surface area contributed by atoms with Gasteiger partial charge in [-0.05, 0) is 35.6 Å². The number of hydrogen-bond acceptors (Lipinski definition) is 3. The minimum atomic E-state index is -0.981. The van der Waals surface area contributed by atoms with E-state index < -0.39 is 5.97 Å². The van der Waals surface area contributed by atoms with Crippen LogP contribution in [0.15, 0.2) is 59.8 Å². The van der Waals surface area contributed by atoms with Crippen molar-refractivity contribution in [1.82, 2.24) is 0 Å². The molecule has 0 saturated heterocycles. The highest BCUT2D eigenvalue weighted by Crippen LogP contribution is 2.25. The van der Waals surface area contributed by atoms with Crippen molar-refractivity contribution in [2.45, 2.75) is 33.1 Å². The van der Waals surface area contributed by atoms with Gasteiger partial charge in [-0.1, -0.05) is 57.2 Å². The molecule has 2 aromatic rings. The molecule has 0 bridgehead atoms. The number of aliphatic hydroxyl groups is 1. The first kappa shape index (κ1) is 18.5. The number of nitrogens with zero attached hydrogens (tertiary/aromatic N) is 1. The Morgan fingerprint density at radius 2 is 1.60 bits per heavy atom. The van der Waals surface area contributed by atoms with Gasteiger partial charge < -0.3 is 10.2 Å². The van der Waals surface area contributed by atoms with Crippen LogP contribution in [-0.2, 0) is 5.41 Å². The van der Waals surface area contributed by atoms with E-state index in [0.717, 1.165) is 11.8 Å². The maximum Gasteiger partial charge on any atom is 0.335 e. The van der Waals surface area contributed by atoms with Gasteiger partial charge in [-0.2, -0.15) is 0 Å². The smallest absolute Gasteiger partial charge is 0.335 e. The van der Waals surface area contributed by atoms with Gasteiger partial charge in [-0.25, -0.2) is 9.79 Å². The van der Waals surface area contributed by atoms with Crippen molar-refractivity contribution in [3.8, 4) is 0 Å². The second-order valence-corrected chi connectivity index (χ2v) is 6.92. The molecule has 0 aromatic heterocycles. The summed E-state index contributed by atoms with van der Waals surface area (Å²) in [5.74, 6) is -0.981. The van der Waals surface area contributed by atoms with E-state index in [-0.39, 0.29) is 11.0 Å². The van der Waals surface area contributed by atoms with Crippen LogP contribution in [0.4, 0.5) is 0 Å². The lowest BCUT2D eigenvalue weighted by atomic mass is 9.86. The molecule has 0 fully saturated rings. The van der Waals surface area contributed by atoms with Gasteiger partial charge in [0.05, 0.1) is 5.56 Å². The lowest BCUT2D eigenvalue weighted by molar-refractivity contribution is 0.0697. The number of hydrogen-bond donors (Lipinski definition) is 2. The van der Waals surface area contributed by atoms with Crippen LogP contribution >= 0.6 is 0 Å². The van der Waals surface area contributed by atoms with Crippen LogP contribution in [0.5, 0.6) is 0 Å². The molecule has 0 amide bonds. The maximum absolute atomic E-state index is 11.1. The lowest BCUT2D eigenvalue weighted by Crippen LogP contribution is -2.10. The average molecular weight is 337 g/mol. The average Bonchev–Trinajstić information content (AvgIpc) is 2.59. The van der Waals surface area contributed by atoms with Gasteiger partial charge >= 0.3 is 5.97 Å². The molecule has 0 aliphatic rings. The normalized spacial score (nSPS) is 13.0. The zero-order chi connectivity index (χ0) is 18.6. The first-order valence-corrected chi connectivity index (χ1v) is 8.06. The summed E-state index contributed by atoms with van der Waals surface area (Å²) in [4.78, 5) is 15.6. The van der Waals surface area contributed by atoms with Crippen LogP contribution in [0, 0.1) is 0 Å². The number of benzene rings is 2. The van der Waals surface area contributed by atoms with E-state index in [0.29, 0.717) is 17.0 Å². The van der Waals surface area contributed by atoms with E-state index in [4.69, 9.17) is 5.11 Å². The first-order valence-electron chi connectivity index (χ1n) is 8.06. The van der Waals surface area contributed by atoms with Crippen LogP contribution in [0.25, 0.3) is 5.70 Å². The molecule has 2 aromatic carbocycles. The fourth-order valence-corrected chi connectivity index (χ4v) is 2.43. The van der Waals surface area contributed by atoms with Gasteiger partial charge in [0.2, 0.25) is 0 Å². The Labute approximate surface area is 148 Å². The summed E-state index contributed by atoms with van der Waals surface area (Å²) >= 11 is 0. The molecule has 4 nitrogen and oxygen atoms in total. The molecular formula is C21H23NO3. The van der Waals surface area contributed by atoms with Crippen molar-refractivity contribution >= 4 is 17.4 Å². The van der Waals surface area contributed by atoms with Gasteiger partial charge in [0.25, 0.3) is 0 Å². The van der Waals surface area contributed by atoms with Gasteiger partial charge in [0.1, 0.15) is 12.0 Å². The third-order valence-electron chi connectivity index (χ3n) is 3.98. The predicted molar refractivity (Wildman–Crippen MR) is 101 cm³/mol. The minimum absolute atomic E-state index is 0.0536. The zero-order valence-corrected chi connectivity index (χ0v) is 14.9. The molecule has 0 atom stereocenters. The first-order chi connectivity index (χ1) is 11.7. The Bertz CT molecular complexity index is 825. The second kappa shape index (κ2) is 7.34. The number of carboxylic acid groups (broad SMARTS) is 1. The Morgan fingerprint density at radius 3 is 2.12 bits per heavy atom. The van der Waals surface area contributed by atoms with Crippen LogP contribution < -0.4 is 0 Å². The molecule has 0 unspecified atom stereocenters. The quantitative estimate of drug-likeness (QED) is 0.606. The summed E-state index contributed by atoms with van der Waals surface area (Å²) < 4.78 is 0. The van der Waals surface area contributed by atoms with Crippen LogP contribution in [0.3, 0.4) is 0 Å². The third kappa shape index (κ3) is 4.57. The molecule has 2 rings (SSSR count). The zero-order valence-electron chi connectivity index (χ0n) is 14.9. The highest BCUT2D eigenvalue weighted by molar-refractivity contribution is 6.03. The van der Waals surface area contributed by atoms with E-state index in [1.54, 1.807) is 25.1 Å². The third-order valence-corrected chi connectivity index (χ3v) is 3.98. The van der Waals surface area contributed by atoms with Crippen molar-refractivity contribution in [1.29, 1.82) is 0 Å². The maximum atomic E-state index is 11.1. The summed E-state index contributed by atoms with van der Waals surface area (Å²) in [6.45, 7) is 8.21. The SMILES string of the molecule is CC(=N/C(=C\O)c1ccc(C(C)(C)C)cc1)c1cccc(C(=O)O)c1. The van der Waals surface area contributed by atoms with Crippen LogP contribution in [-0.4, -0.2) is 21.9 Å². The van der Waals surface area contributed by atoms with Crippen LogP contribution in [0.2, 0.25) is 0 Å². The van der Waals surface area contributed by atoms with Gasteiger partial charge in [0, 0.05) is 11.3 Å². The van der Waals surface area contributed by atoms with Crippen LogP contribution in [0.1, 0.15) is 54.7 Å². The fourth-order valence-electron chi connectivity index (χ4n) is 2.43. The molecule has 2 N–H and O–H groups in total. The van der Waals surface area contributed by atoms with Gasteiger partial charge in [-0.3, -0.25) is 0 Å². The monoisotopic (exact) mass is 337 g/mol. The van der Waals surface area contributed by atoms with Gasteiger partial charge in [-0.15, -0.1) is 0 Å². The highest BCUT2D eigenvalue weighted by Gasteiger charge is 2.13. The molecule has 0 spiro atoms. The summed E-state index contributed by atoms with van der Waals surface area (Å²) in [5.41, 5.74) is 4.01. The standard InChI is InChI=1S/C21H23NO3/c1-14(16-6-5-7-17(12-16)20(24)25)22-19(13-23)15-8-10-18(11-9-15)21(2,3)4/h5-13,23H,1-4H3,(H,24,25)/b19-13-,22-14?. The van der Waals surface area contributed by atoms with Crippen molar-refractivity contribution in [3.05, 3.63) is 77.0 Å². The van der Waals surface area contributed by atoms with Crippen molar-refractivity contribution < 1.29 is 15.0 Å². The molecule has 0 heterocycles. The summed E-state index contributed by atoms with van der Waals surface area (Å²) in [5, 5.41) is 18.7. The van der Waals surface area contributed by atoms with Crippen molar-refractivity contribution in [3.63, 3.8) is 0 Å². The van der Waals surface area contributed by atoms with E-state index in [1.807, 2.05) is 24.3 Å². The molecule has 4 heteroatoms. The molecule has 0 aliphatic heterocycles. The fraction of sp³-hybridized carbons (Fsp3) is 0.238. The molecule has 0 aliphatic carbocycles. The number of carboxylic acids is 1. The largest absolute Gasteiger partial charge is 0.513 e. The van der Waals surface area contributed by atoms with E-state index in [9.17, 15) is 9.90 Å². The number of aliphatic hydroxyl groups excluding tert-OH is 1. The lowest BCUT2D eigenvalue weighted by Gasteiger charge is -2.19. The Balaban J connectivity index is 2.34. The van der Waals surface area contributed by atoms with E-state index in [2.05, 4.69) is 25.8 Å². The molecule has 0 radical (unpaired) electrons. The molecule has 0 saturated carbocycles. The van der Waals surface area contributed by atoms with E-state index in [1.165, 1.54) is 11.6 Å². The minimum Gasteiger partial charge on any atom is -0.513 e. The summed E-state index contributed by atoms with van der Waals surface area (Å²) in [7, 11) is 0. The van der Waals surface area contributed by atoms with Gasteiger partial charge in [0.15, 0.2) is 0 Å². The van der Waals surface area contributed by atoms with E-state index >= 15 is 0 Å². The number of aromatic carboxylic acids is 1. The summed E-state index contributed by atoms with van der Waals surface area (Å²) in [6.07, 6.45) is 0.969. The Kier molecular flexibility index (Phi) is 5.42. The second-order valence-electron chi connectivity index (χ2n) is 6.92. The number of carbonyl (C=O) groups is 1. The Morgan fingerprint density at radius 1 is 1.00 bits per heavy atom. The molecular weight excluding hydrogens is 314 g/mol. The van der Waals surface area contributed by atoms with Crippen molar-refractivity contribution in [2.75, 3.05) is 0 Å². The Hall–Kier alpha value is -2.88. The van der Waals surface area contributed by atoms with Crippen molar-refractivity contribution in [2.24, 2.45) is 4.99 Å². The highest BCUT2D eigenvalue weighted by atomic mass is 16.4. The summed E-state index contributed by atoms with van der Waals surface area (Å²) in [6, 6.07) is 14.5. The predicted octanol–water partition coefficient (Wildman–Crippen LogP) is 5.05. The number of aliphatic imine (C=N–C) groups is 1. The topological polar surface area (TPSA) is 69.9 Å².